The topological polar surface area (TPSA) is 24.4 Å². The maximum atomic E-state index is 4.68. The molecule has 0 aromatic heterocycles. The maximum Gasteiger partial charge on any atom is 0.157 e. The van der Waals surface area contributed by atoms with Crippen LogP contribution >= 0.6 is 23.5 Å². The predicted octanol–water partition coefficient (Wildman–Crippen LogP) is 2.60. The molecule has 0 saturated carbocycles. The summed E-state index contributed by atoms with van der Waals surface area (Å²) in [5.41, 5.74) is 0. The number of hydrogen-bond acceptors (Lipinski definition) is 4. The van der Waals surface area contributed by atoms with Crippen molar-refractivity contribution in [1.29, 1.82) is 0 Å². The summed E-state index contributed by atoms with van der Waals surface area (Å²) in [6, 6.07) is 1.09. The highest BCUT2D eigenvalue weighted by atomic mass is 32.2. The zero-order valence-corrected chi connectivity index (χ0v) is 10.9. The van der Waals surface area contributed by atoms with Gasteiger partial charge in [-0.25, -0.2) is 0 Å². The van der Waals surface area contributed by atoms with E-state index >= 15 is 0 Å². The number of rotatable bonds is 4. The van der Waals surface area contributed by atoms with Gasteiger partial charge in [0.15, 0.2) is 5.17 Å². The number of thioether (sulfide) groups is 2. The van der Waals surface area contributed by atoms with Gasteiger partial charge < -0.3 is 5.32 Å². The van der Waals surface area contributed by atoms with Crippen molar-refractivity contribution in [3.63, 3.8) is 0 Å². The Morgan fingerprint density at radius 2 is 2.50 bits per heavy atom. The van der Waals surface area contributed by atoms with Crippen LogP contribution in [0.4, 0.5) is 0 Å². The van der Waals surface area contributed by atoms with Crippen molar-refractivity contribution in [3.05, 3.63) is 0 Å². The molecule has 0 spiro atoms. The predicted molar refractivity (Wildman–Crippen MR) is 69.6 cm³/mol. The van der Waals surface area contributed by atoms with E-state index < -0.39 is 0 Å². The van der Waals surface area contributed by atoms with Crippen molar-refractivity contribution < 1.29 is 0 Å². The maximum absolute atomic E-state index is 4.68. The minimum atomic E-state index is 0.534. The molecule has 0 bridgehead atoms. The van der Waals surface area contributed by atoms with E-state index in [1.165, 1.54) is 18.6 Å². The molecule has 2 atom stereocenters. The van der Waals surface area contributed by atoms with Crippen molar-refractivity contribution >= 4 is 28.7 Å². The first-order valence-electron chi connectivity index (χ1n) is 5.22. The number of nitrogens with one attached hydrogen (secondary N) is 1. The fourth-order valence-electron chi connectivity index (χ4n) is 1.44. The summed E-state index contributed by atoms with van der Waals surface area (Å²) in [6.07, 6.45) is 4.55. The van der Waals surface area contributed by atoms with Gasteiger partial charge in [-0.1, -0.05) is 18.7 Å². The van der Waals surface area contributed by atoms with Gasteiger partial charge in [0.25, 0.3) is 0 Å². The Morgan fingerprint density at radius 1 is 1.71 bits per heavy atom. The van der Waals surface area contributed by atoms with E-state index in [1.807, 2.05) is 23.5 Å². The second-order valence-corrected chi connectivity index (χ2v) is 5.63. The molecular weight excluding hydrogens is 212 g/mol. The normalized spacial score (nSPS) is 24.2. The summed E-state index contributed by atoms with van der Waals surface area (Å²) in [5, 5.41) is 4.63. The zero-order chi connectivity index (χ0) is 10.4. The van der Waals surface area contributed by atoms with Crippen LogP contribution in [0.2, 0.25) is 0 Å². The monoisotopic (exact) mass is 232 g/mol. The van der Waals surface area contributed by atoms with E-state index in [9.17, 15) is 0 Å². The fraction of sp³-hybridized carbons (Fsp3) is 0.900. The van der Waals surface area contributed by atoms with Crippen molar-refractivity contribution in [1.82, 2.24) is 5.32 Å². The second-order valence-electron chi connectivity index (χ2n) is 3.63. The van der Waals surface area contributed by atoms with Crippen molar-refractivity contribution in [2.45, 2.75) is 38.8 Å². The summed E-state index contributed by atoms with van der Waals surface area (Å²) in [5.74, 6) is 2.37. The molecule has 1 rings (SSSR count). The molecule has 1 N–H and O–H groups in total. The third kappa shape index (κ3) is 4.13. The first kappa shape index (κ1) is 12.2. The SMILES string of the molecule is CCC1CCSC(NC(C)CSC)=N1. The molecule has 0 radical (unpaired) electrons. The molecule has 0 fully saturated rings. The summed E-state index contributed by atoms with van der Waals surface area (Å²) < 4.78 is 0. The Morgan fingerprint density at radius 3 is 3.14 bits per heavy atom. The van der Waals surface area contributed by atoms with Crippen molar-refractivity contribution in [2.75, 3.05) is 17.8 Å². The third-order valence-corrected chi connectivity index (χ3v) is 4.02. The fourth-order valence-corrected chi connectivity index (χ4v) is 3.11. The lowest BCUT2D eigenvalue weighted by molar-refractivity contribution is 0.624. The quantitative estimate of drug-likeness (QED) is 0.806. The van der Waals surface area contributed by atoms with E-state index in [2.05, 4.69) is 30.4 Å². The Balaban J connectivity index is 2.38. The van der Waals surface area contributed by atoms with Gasteiger partial charge in [0.2, 0.25) is 0 Å². The summed E-state index contributed by atoms with van der Waals surface area (Å²) in [4.78, 5) is 4.68. The molecule has 1 aliphatic rings. The van der Waals surface area contributed by atoms with Gasteiger partial charge in [-0.05, 0) is 26.0 Å². The summed E-state index contributed by atoms with van der Waals surface area (Å²) >= 11 is 3.74. The molecule has 0 saturated heterocycles. The summed E-state index contributed by atoms with van der Waals surface area (Å²) in [7, 11) is 0. The van der Waals surface area contributed by atoms with Crippen molar-refractivity contribution in [2.24, 2.45) is 4.99 Å². The van der Waals surface area contributed by atoms with E-state index in [0.717, 1.165) is 10.9 Å². The molecule has 2 nitrogen and oxygen atoms in total. The zero-order valence-electron chi connectivity index (χ0n) is 9.25. The van der Waals surface area contributed by atoms with E-state index in [1.54, 1.807) is 0 Å². The van der Waals surface area contributed by atoms with Crippen LogP contribution in [0.1, 0.15) is 26.7 Å². The molecule has 2 unspecified atom stereocenters. The Bertz CT molecular complexity index is 195. The lowest BCUT2D eigenvalue weighted by Gasteiger charge is -2.22. The van der Waals surface area contributed by atoms with Crippen LogP contribution in [0.5, 0.6) is 0 Å². The minimum absolute atomic E-state index is 0.534. The Hall–Kier alpha value is 0.170. The van der Waals surface area contributed by atoms with Gasteiger partial charge in [-0.2, -0.15) is 11.8 Å². The average molecular weight is 232 g/mol. The standard InChI is InChI=1S/C10H20N2S2/c1-4-9-5-6-14-10(12-9)11-8(2)7-13-3/h8-9H,4-7H2,1-3H3,(H,11,12). The molecule has 82 valence electrons. The number of aliphatic imine (C=N–C) groups is 1. The number of hydrogen-bond donors (Lipinski definition) is 1. The largest absolute Gasteiger partial charge is 0.362 e. The smallest absolute Gasteiger partial charge is 0.157 e. The first-order valence-corrected chi connectivity index (χ1v) is 7.60. The highest BCUT2D eigenvalue weighted by Gasteiger charge is 2.14. The van der Waals surface area contributed by atoms with Crippen LogP contribution in [0, 0.1) is 0 Å². The molecule has 4 heteroatoms. The van der Waals surface area contributed by atoms with Gasteiger partial charge in [-0.15, -0.1) is 0 Å². The van der Waals surface area contributed by atoms with Crippen LogP contribution in [-0.4, -0.2) is 35.0 Å². The molecule has 0 amide bonds. The van der Waals surface area contributed by atoms with Crippen LogP contribution in [-0.2, 0) is 0 Å². The van der Waals surface area contributed by atoms with Crippen LogP contribution in [0.3, 0.4) is 0 Å². The first-order chi connectivity index (χ1) is 6.76. The number of nitrogens with zero attached hydrogens (tertiary/aromatic N) is 1. The lowest BCUT2D eigenvalue weighted by Crippen LogP contribution is -2.35. The van der Waals surface area contributed by atoms with Gasteiger partial charge in [0, 0.05) is 17.5 Å². The van der Waals surface area contributed by atoms with Crippen LogP contribution in [0.25, 0.3) is 0 Å². The Labute approximate surface area is 95.7 Å². The molecule has 1 aliphatic heterocycles. The van der Waals surface area contributed by atoms with E-state index in [0.29, 0.717) is 12.1 Å². The summed E-state index contributed by atoms with van der Waals surface area (Å²) in [6.45, 7) is 4.43. The molecule has 0 aliphatic carbocycles. The Kier molecular flexibility index (Phi) is 5.78. The van der Waals surface area contributed by atoms with Crippen LogP contribution in [0.15, 0.2) is 4.99 Å². The molecule has 0 aromatic carbocycles. The molecular formula is C10H20N2S2. The minimum Gasteiger partial charge on any atom is -0.362 e. The van der Waals surface area contributed by atoms with Crippen molar-refractivity contribution in [3.8, 4) is 0 Å². The average Bonchev–Trinajstić information content (AvgIpc) is 2.18. The molecule has 1 heterocycles. The van der Waals surface area contributed by atoms with Crippen LogP contribution < -0.4 is 5.32 Å². The molecule has 14 heavy (non-hydrogen) atoms. The highest BCUT2D eigenvalue weighted by Crippen LogP contribution is 2.18. The second kappa shape index (κ2) is 6.62. The lowest BCUT2D eigenvalue weighted by atomic mass is 10.2. The molecule has 0 aromatic rings. The van der Waals surface area contributed by atoms with Gasteiger partial charge in [-0.3, -0.25) is 4.99 Å². The van der Waals surface area contributed by atoms with Gasteiger partial charge in [0.1, 0.15) is 0 Å². The highest BCUT2D eigenvalue weighted by molar-refractivity contribution is 8.13. The number of amidine groups is 1. The van der Waals surface area contributed by atoms with Gasteiger partial charge in [0.05, 0.1) is 6.04 Å². The third-order valence-electron chi connectivity index (χ3n) is 2.25. The van der Waals surface area contributed by atoms with E-state index in [-0.39, 0.29) is 0 Å². The van der Waals surface area contributed by atoms with Gasteiger partial charge >= 0.3 is 0 Å². The van der Waals surface area contributed by atoms with E-state index in [4.69, 9.17) is 0 Å².